The lowest BCUT2D eigenvalue weighted by Crippen LogP contribution is -2.19. The van der Waals surface area contributed by atoms with Crippen molar-refractivity contribution in [1.29, 1.82) is 0 Å². The molecule has 0 N–H and O–H groups in total. The molecule has 20 heavy (non-hydrogen) atoms. The molecule has 4 heteroatoms. The Kier molecular flexibility index (Phi) is 4.61. The molecule has 0 aromatic heterocycles. The molecule has 106 valence electrons. The molecule has 2 aromatic rings. The molecule has 0 aliphatic carbocycles. The van der Waals surface area contributed by atoms with E-state index in [9.17, 15) is 8.78 Å². The number of benzene rings is 2. The predicted octanol–water partition coefficient (Wildman–Crippen LogP) is 5.17. The highest BCUT2D eigenvalue weighted by molar-refractivity contribution is 6.17. The number of hydrogen-bond acceptors (Lipinski definition) is 1. The minimum atomic E-state index is -0.594. The summed E-state index contributed by atoms with van der Waals surface area (Å²) in [6.45, 7) is 4.27. The molecule has 0 spiro atoms. The summed E-state index contributed by atoms with van der Waals surface area (Å²) in [4.78, 5) is 1.62. The van der Waals surface area contributed by atoms with E-state index in [1.807, 2.05) is 38.1 Å². The van der Waals surface area contributed by atoms with Crippen molar-refractivity contribution in [3.05, 3.63) is 59.2 Å². The van der Waals surface area contributed by atoms with E-state index in [2.05, 4.69) is 0 Å². The van der Waals surface area contributed by atoms with E-state index >= 15 is 0 Å². The van der Waals surface area contributed by atoms with Crippen LogP contribution < -0.4 is 4.90 Å². The first-order valence-corrected chi connectivity index (χ1v) is 6.98. The highest BCUT2D eigenvalue weighted by atomic mass is 35.5. The number of halogens is 3. The van der Waals surface area contributed by atoms with Crippen molar-refractivity contribution < 1.29 is 8.78 Å². The van der Waals surface area contributed by atoms with Crippen LogP contribution in [0.15, 0.2) is 36.4 Å². The second-order valence-electron chi connectivity index (χ2n) is 4.62. The van der Waals surface area contributed by atoms with Crippen LogP contribution in [0.3, 0.4) is 0 Å². The van der Waals surface area contributed by atoms with Crippen LogP contribution in [-0.2, 0) is 5.88 Å². The number of alkyl halides is 1. The summed E-state index contributed by atoms with van der Waals surface area (Å²) in [6.07, 6.45) is 0. The third-order valence-corrected chi connectivity index (χ3v) is 3.44. The highest BCUT2D eigenvalue weighted by Crippen LogP contribution is 2.31. The Morgan fingerprint density at radius 3 is 2.25 bits per heavy atom. The molecule has 0 heterocycles. The molecule has 2 rings (SSSR count). The van der Waals surface area contributed by atoms with Gasteiger partial charge in [-0.1, -0.05) is 12.1 Å². The molecule has 0 atom stereocenters. The van der Waals surface area contributed by atoms with Crippen molar-refractivity contribution in [1.82, 2.24) is 0 Å². The minimum Gasteiger partial charge on any atom is -0.337 e. The molecule has 1 nitrogen and oxygen atoms in total. The molecule has 0 bridgehead atoms. The number of hydrogen-bond donors (Lipinski definition) is 0. The quantitative estimate of drug-likeness (QED) is 0.703. The Bertz CT molecular complexity index is 590. The standard InChI is InChI=1S/C16H16ClF2N/c1-3-20(13-6-4-5-11(2)7-13)16-14(18)8-12(10-17)9-15(16)19/h4-9H,3,10H2,1-2H3. The summed E-state index contributed by atoms with van der Waals surface area (Å²) < 4.78 is 28.4. The topological polar surface area (TPSA) is 3.24 Å². The van der Waals surface area contributed by atoms with Crippen molar-refractivity contribution in [2.45, 2.75) is 19.7 Å². The van der Waals surface area contributed by atoms with Crippen LogP contribution in [0.5, 0.6) is 0 Å². The van der Waals surface area contributed by atoms with Crippen LogP contribution in [0.4, 0.5) is 20.2 Å². The van der Waals surface area contributed by atoms with Gasteiger partial charge < -0.3 is 4.90 Å². The second-order valence-corrected chi connectivity index (χ2v) is 4.89. The van der Waals surface area contributed by atoms with Gasteiger partial charge in [-0.05, 0) is 49.2 Å². The highest BCUT2D eigenvalue weighted by Gasteiger charge is 2.18. The molecule has 0 amide bonds. The molecular formula is C16H16ClF2N. The first-order chi connectivity index (χ1) is 9.56. The van der Waals surface area contributed by atoms with Gasteiger partial charge in [-0.3, -0.25) is 0 Å². The SMILES string of the molecule is CCN(c1cccc(C)c1)c1c(F)cc(CCl)cc1F. The largest absolute Gasteiger partial charge is 0.337 e. The summed E-state index contributed by atoms with van der Waals surface area (Å²) in [5, 5.41) is 0. The Morgan fingerprint density at radius 1 is 1.10 bits per heavy atom. The summed E-state index contributed by atoms with van der Waals surface area (Å²) >= 11 is 5.63. The molecule has 0 aliphatic rings. The van der Waals surface area contributed by atoms with Gasteiger partial charge in [0, 0.05) is 18.1 Å². The van der Waals surface area contributed by atoms with E-state index in [4.69, 9.17) is 11.6 Å². The van der Waals surface area contributed by atoms with E-state index in [-0.39, 0.29) is 11.6 Å². The molecule has 0 saturated carbocycles. The van der Waals surface area contributed by atoms with Gasteiger partial charge in [0.2, 0.25) is 0 Å². The fourth-order valence-corrected chi connectivity index (χ4v) is 2.37. The van der Waals surface area contributed by atoms with Gasteiger partial charge in [-0.2, -0.15) is 0 Å². The van der Waals surface area contributed by atoms with Crippen LogP contribution in [0.1, 0.15) is 18.1 Å². The van der Waals surface area contributed by atoms with Crippen LogP contribution in [0.2, 0.25) is 0 Å². The smallest absolute Gasteiger partial charge is 0.150 e. The molecule has 2 aromatic carbocycles. The van der Waals surface area contributed by atoms with Gasteiger partial charge in [0.15, 0.2) is 0 Å². The van der Waals surface area contributed by atoms with Crippen molar-refractivity contribution in [2.75, 3.05) is 11.4 Å². The third-order valence-electron chi connectivity index (χ3n) is 3.13. The van der Waals surface area contributed by atoms with E-state index < -0.39 is 11.6 Å². The Morgan fingerprint density at radius 2 is 1.75 bits per heavy atom. The first-order valence-electron chi connectivity index (χ1n) is 6.45. The second kappa shape index (κ2) is 6.23. The van der Waals surface area contributed by atoms with Gasteiger partial charge in [0.1, 0.15) is 17.3 Å². The summed E-state index contributed by atoms with van der Waals surface area (Å²) in [6, 6.07) is 10.1. The Labute approximate surface area is 122 Å². The maximum absolute atomic E-state index is 14.2. The number of anilines is 2. The number of aryl methyl sites for hydroxylation is 1. The fourth-order valence-electron chi connectivity index (χ4n) is 2.22. The third kappa shape index (κ3) is 2.93. The lowest BCUT2D eigenvalue weighted by Gasteiger charge is -2.25. The summed E-state index contributed by atoms with van der Waals surface area (Å²) in [5.74, 6) is -1.10. The average Bonchev–Trinajstić information content (AvgIpc) is 2.42. The lowest BCUT2D eigenvalue weighted by molar-refractivity contribution is 0.579. The fraction of sp³-hybridized carbons (Fsp3) is 0.250. The molecular weight excluding hydrogens is 280 g/mol. The van der Waals surface area contributed by atoms with Crippen LogP contribution in [-0.4, -0.2) is 6.54 Å². The van der Waals surface area contributed by atoms with Gasteiger partial charge in [-0.15, -0.1) is 11.6 Å². The van der Waals surface area contributed by atoms with Crippen LogP contribution >= 0.6 is 11.6 Å². The van der Waals surface area contributed by atoms with Gasteiger partial charge in [0.25, 0.3) is 0 Å². The molecule has 0 saturated heterocycles. The van der Waals surface area contributed by atoms with Crippen LogP contribution in [0, 0.1) is 18.6 Å². The number of rotatable bonds is 4. The first kappa shape index (κ1) is 14.8. The van der Waals surface area contributed by atoms with Crippen molar-refractivity contribution >= 4 is 23.0 Å². The van der Waals surface area contributed by atoms with E-state index in [0.717, 1.165) is 11.3 Å². The van der Waals surface area contributed by atoms with Crippen molar-refractivity contribution in [3.63, 3.8) is 0 Å². The van der Waals surface area contributed by atoms with Crippen molar-refractivity contribution in [3.8, 4) is 0 Å². The zero-order valence-corrected chi connectivity index (χ0v) is 12.2. The lowest BCUT2D eigenvalue weighted by atomic mass is 10.1. The zero-order valence-electron chi connectivity index (χ0n) is 11.5. The van der Waals surface area contributed by atoms with Gasteiger partial charge in [0.05, 0.1) is 0 Å². The maximum Gasteiger partial charge on any atom is 0.150 e. The summed E-state index contributed by atoms with van der Waals surface area (Å²) in [5.41, 5.74) is 2.21. The normalized spacial score (nSPS) is 10.7. The number of nitrogens with zero attached hydrogens (tertiary/aromatic N) is 1. The zero-order chi connectivity index (χ0) is 14.7. The van der Waals surface area contributed by atoms with Crippen LogP contribution in [0.25, 0.3) is 0 Å². The Balaban J connectivity index is 2.52. The van der Waals surface area contributed by atoms with Gasteiger partial charge >= 0.3 is 0 Å². The average molecular weight is 296 g/mol. The molecule has 0 fully saturated rings. The maximum atomic E-state index is 14.2. The Hall–Kier alpha value is -1.61. The van der Waals surface area contributed by atoms with Crippen molar-refractivity contribution in [2.24, 2.45) is 0 Å². The van der Waals surface area contributed by atoms with E-state index in [1.165, 1.54) is 12.1 Å². The minimum absolute atomic E-state index is 0.0352. The monoisotopic (exact) mass is 295 g/mol. The molecule has 0 aliphatic heterocycles. The van der Waals surface area contributed by atoms with E-state index in [0.29, 0.717) is 12.1 Å². The molecule has 0 unspecified atom stereocenters. The predicted molar refractivity (Wildman–Crippen MR) is 79.8 cm³/mol. The van der Waals surface area contributed by atoms with Gasteiger partial charge in [-0.25, -0.2) is 8.78 Å². The molecule has 0 radical (unpaired) electrons. The van der Waals surface area contributed by atoms with E-state index in [1.54, 1.807) is 4.90 Å². The summed E-state index contributed by atoms with van der Waals surface area (Å²) in [7, 11) is 0.